The first kappa shape index (κ1) is 16.3. The Labute approximate surface area is 138 Å². The van der Waals surface area contributed by atoms with Crippen LogP contribution in [0.1, 0.15) is 6.92 Å². The molecule has 2 rings (SSSR count). The lowest BCUT2D eigenvalue weighted by Crippen LogP contribution is -2.22. The number of halogens is 1. The minimum atomic E-state index is -0.180. The van der Waals surface area contributed by atoms with Crippen LogP contribution in [0.3, 0.4) is 0 Å². The first-order valence-electron chi connectivity index (χ1n) is 6.46. The van der Waals surface area contributed by atoms with Gasteiger partial charge in [0.25, 0.3) is 0 Å². The molecule has 0 saturated carbocycles. The minimum absolute atomic E-state index is 0.00329. The van der Waals surface area contributed by atoms with Gasteiger partial charge in [0.05, 0.1) is 10.9 Å². The fraction of sp³-hybridized carbons (Fsp3) is 0.188. The van der Waals surface area contributed by atoms with Gasteiger partial charge in [-0.1, -0.05) is 23.7 Å². The Kier molecular flexibility index (Phi) is 6.03. The van der Waals surface area contributed by atoms with Gasteiger partial charge in [-0.2, -0.15) is 0 Å². The highest BCUT2D eigenvalue weighted by atomic mass is 35.5. The highest BCUT2D eigenvalue weighted by Gasteiger charge is 2.15. The zero-order valence-corrected chi connectivity index (χ0v) is 14.2. The lowest BCUT2D eigenvalue weighted by atomic mass is 10.3. The van der Waals surface area contributed by atoms with Crippen molar-refractivity contribution in [3.05, 3.63) is 53.6 Å². The number of amides is 1. The number of hydrogen-bond donors (Lipinski definition) is 1. The van der Waals surface area contributed by atoms with E-state index in [0.717, 1.165) is 15.5 Å². The molecule has 5 heteroatoms. The van der Waals surface area contributed by atoms with Crippen molar-refractivity contribution in [2.75, 3.05) is 11.6 Å². The molecular weight excluding hydrogens is 322 g/mol. The van der Waals surface area contributed by atoms with Gasteiger partial charge in [-0.05, 0) is 49.6 Å². The second-order valence-electron chi connectivity index (χ2n) is 4.40. The second kappa shape index (κ2) is 7.78. The number of nitrogens with one attached hydrogen (secondary N) is 1. The van der Waals surface area contributed by atoms with E-state index >= 15 is 0 Å². The summed E-state index contributed by atoms with van der Waals surface area (Å²) in [5.74, 6) is -0.00329. The predicted molar refractivity (Wildman–Crippen MR) is 93.6 cm³/mol. The van der Waals surface area contributed by atoms with Crippen molar-refractivity contribution >= 4 is 46.7 Å². The van der Waals surface area contributed by atoms with Gasteiger partial charge < -0.3 is 5.32 Å². The molecule has 0 saturated heterocycles. The molecule has 21 heavy (non-hydrogen) atoms. The van der Waals surface area contributed by atoms with Crippen LogP contribution in [0.4, 0.5) is 5.69 Å². The van der Waals surface area contributed by atoms with Crippen LogP contribution in [-0.4, -0.2) is 17.4 Å². The van der Waals surface area contributed by atoms with Crippen LogP contribution in [0, 0.1) is 0 Å². The molecule has 0 aliphatic carbocycles. The van der Waals surface area contributed by atoms with E-state index in [0.29, 0.717) is 5.02 Å². The monoisotopic (exact) mass is 337 g/mol. The summed E-state index contributed by atoms with van der Waals surface area (Å²) in [6.07, 6.45) is 2.00. The standard InChI is InChI=1S/C16H16ClNOS2/c1-11(21-13-9-7-12(17)8-10-13)16(19)18-14-5-3-4-6-15(14)20-2/h3-11H,1-2H3,(H,18,19). The minimum Gasteiger partial charge on any atom is -0.324 e. The van der Waals surface area contributed by atoms with Crippen LogP contribution < -0.4 is 5.32 Å². The topological polar surface area (TPSA) is 29.1 Å². The third kappa shape index (κ3) is 4.70. The molecule has 1 amide bonds. The lowest BCUT2D eigenvalue weighted by molar-refractivity contribution is -0.115. The number of hydrogen-bond acceptors (Lipinski definition) is 3. The molecule has 0 fully saturated rings. The Hall–Kier alpha value is -1.10. The smallest absolute Gasteiger partial charge is 0.237 e. The summed E-state index contributed by atoms with van der Waals surface area (Å²) in [7, 11) is 0. The van der Waals surface area contributed by atoms with E-state index in [2.05, 4.69) is 5.32 Å². The number of anilines is 1. The molecule has 2 aromatic rings. The maximum Gasteiger partial charge on any atom is 0.237 e. The Bertz CT molecular complexity index is 616. The fourth-order valence-electron chi connectivity index (χ4n) is 1.75. The summed E-state index contributed by atoms with van der Waals surface area (Å²) in [6.45, 7) is 1.90. The van der Waals surface area contributed by atoms with E-state index in [1.807, 2.05) is 61.7 Å². The van der Waals surface area contributed by atoms with Crippen LogP contribution in [0.15, 0.2) is 58.3 Å². The summed E-state index contributed by atoms with van der Waals surface area (Å²) in [5, 5.41) is 3.51. The molecule has 0 bridgehead atoms. The molecule has 2 nitrogen and oxygen atoms in total. The van der Waals surface area contributed by atoms with Gasteiger partial charge in [-0.15, -0.1) is 23.5 Å². The number of carbonyl (C=O) groups excluding carboxylic acids is 1. The van der Waals surface area contributed by atoms with E-state index in [1.165, 1.54) is 11.8 Å². The zero-order valence-electron chi connectivity index (χ0n) is 11.8. The van der Waals surface area contributed by atoms with Crippen molar-refractivity contribution in [3.63, 3.8) is 0 Å². The van der Waals surface area contributed by atoms with Crippen molar-refractivity contribution < 1.29 is 4.79 Å². The molecule has 0 aliphatic heterocycles. The molecule has 2 aromatic carbocycles. The average molecular weight is 338 g/mol. The van der Waals surface area contributed by atoms with Crippen LogP contribution in [0.5, 0.6) is 0 Å². The molecule has 0 aliphatic rings. The predicted octanol–water partition coefficient (Wildman–Crippen LogP) is 5.18. The molecule has 110 valence electrons. The number of thioether (sulfide) groups is 2. The maximum atomic E-state index is 12.3. The normalized spacial score (nSPS) is 12.0. The van der Waals surface area contributed by atoms with Gasteiger partial charge in [0.1, 0.15) is 0 Å². The molecule has 1 atom stereocenters. The van der Waals surface area contributed by atoms with Crippen molar-refractivity contribution in [1.29, 1.82) is 0 Å². The first-order valence-corrected chi connectivity index (χ1v) is 8.94. The van der Waals surface area contributed by atoms with Crippen molar-refractivity contribution in [2.45, 2.75) is 22.0 Å². The van der Waals surface area contributed by atoms with Crippen molar-refractivity contribution in [1.82, 2.24) is 0 Å². The number of benzene rings is 2. The third-order valence-electron chi connectivity index (χ3n) is 2.86. The first-order chi connectivity index (χ1) is 10.1. The summed E-state index contributed by atoms with van der Waals surface area (Å²) >= 11 is 8.99. The zero-order chi connectivity index (χ0) is 15.2. The van der Waals surface area contributed by atoms with Gasteiger partial charge in [0.15, 0.2) is 0 Å². The average Bonchev–Trinajstić information content (AvgIpc) is 2.50. The molecule has 0 aromatic heterocycles. The molecule has 0 radical (unpaired) electrons. The summed E-state index contributed by atoms with van der Waals surface area (Å²) in [5.41, 5.74) is 0.860. The van der Waals surface area contributed by atoms with Gasteiger partial charge in [-0.25, -0.2) is 0 Å². The van der Waals surface area contributed by atoms with Gasteiger partial charge in [-0.3, -0.25) is 4.79 Å². The van der Waals surface area contributed by atoms with Gasteiger partial charge >= 0.3 is 0 Å². The SMILES string of the molecule is CSc1ccccc1NC(=O)C(C)Sc1ccc(Cl)cc1. The largest absolute Gasteiger partial charge is 0.324 e. The van der Waals surface area contributed by atoms with Gasteiger partial charge in [0.2, 0.25) is 5.91 Å². The quantitative estimate of drug-likeness (QED) is 0.762. The Morgan fingerprint density at radius 2 is 1.81 bits per heavy atom. The summed E-state index contributed by atoms with van der Waals surface area (Å²) in [6, 6.07) is 15.3. The number of para-hydroxylation sites is 1. The van der Waals surface area contributed by atoms with E-state index in [9.17, 15) is 4.79 Å². The third-order valence-corrected chi connectivity index (χ3v) is 5.02. The second-order valence-corrected chi connectivity index (χ2v) is 7.10. The highest BCUT2D eigenvalue weighted by molar-refractivity contribution is 8.00. The molecule has 1 N–H and O–H groups in total. The molecule has 1 unspecified atom stereocenters. The Morgan fingerprint density at radius 3 is 2.48 bits per heavy atom. The van der Waals surface area contributed by atoms with Crippen LogP contribution in [-0.2, 0) is 4.79 Å². The molecule has 0 heterocycles. The van der Waals surface area contributed by atoms with E-state index in [-0.39, 0.29) is 11.2 Å². The van der Waals surface area contributed by atoms with Crippen LogP contribution in [0.2, 0.25) is 5.02 Å². The maximum absolute atomic E-state index is 12.3. The fourth-order valence-corrected chi connectivity index (χ4v) is 3.30. The highest BCUT2D eigenvalue weighted by Crippen LogP contribution is 2.28. The molecule has 0 spiro atoms. The summed E-state index contributed by atoms with van der Waals surface area (Å²) in [4.78, 5) is 14.4. The summed E-state index contributed by atoms with van der Waals surface area (Å²) < 4.78 is 0. The Morgan fingerprint density at radius 1 is 1.14 bits per heavy atom. The number of rotatable bonds is 5. The van der Waals surface area contributed by atoms with E-state index < -0.39 is 0 Å². The van der Waals surface area contributed by atoms with Crippen LogP contribution in [0.25, 0.3) is 0 Å². The van der Waals surface area contributed by atoms with Crippen LogP contribution >= 0.6 is 35.1 Å². The van der Waals surface area contributed by atoms with Crippen molar-refractivity contribution in [3.8, 4) is 0 Å². The van der Waals surface area contributed by atoms with E-state index in [4.69, 9.17) is 11.6 Å². The van der Waals surface area contributed by atoms with Gasteiger partial charge in [0, 0.05) is 14.8 Å². The molecular formula is C16H16ClNOS2. The number of carbonyl (C=O) groups is 1. The lowest BCUT2D eigenvalue weighted by Gasteiger charge is -2.14. The Balaban J connectivity index is 2.01. The van der Waals surface area contributed by atoms with E-state index in [1.54, 1.807) is 11.8 Å². The van der Waals surface area contributed by atoms with Crippen molar-refractivity contribution in [2.24, 2.45) is 0 Å².